The fourth-order valence-electron chi connectivity index (χ4n) is 1.16. The highest BCUT2D eigenvalue weighted by Crippen LogP contribution is 2.13. The Hall–Kier alpha value is -1.73. The van der Waals surface area contributed by atoms with E-state index in [2.05, 4.69) is 19.7 Å². The number of hydrogen-bond acceptors (Lipinski definition) is 5. The molecule has 0 aliphatic carbocycles. The standard InChI is InChI=1S/C10H9ClN4O2S/c1-7-2-3-9(12-4-7)15-18(16,17)8-5-13-10(11)14-6-8/h2-6H,1H3,(H,12,15). The third-order valence-corrected chi connectivity index (χ3v) is 3.56. The molecule has 1 N–H and O–H groups in total. The molecule has 8 heteroatoms. The lowest BCUT2D eigenvalue weighted by atomic mass is 10.3. The quantitative estimate of drug-likeness (QED) is 0.866. The zero-order valence-electron chi connectivity index (χ0n) is 9.33. The van der Waals surface area contributed by atoms with E-state index in [1.165, 1.54) is 0 Å². The average molecular weight is 285 g/mol. The van der Waals surface area contributed by atoms with Gasteiger partial charge in [0.1, 0.15) is 10.7 Å². The van der Waals surface area contributed by atoms with E-state index in [9.17, 15) is 8.42 Å². The Balaban J connectivity index is 2.27. The molecule has 0 bridgehead atoms. The maximum atomic E-state index is 11.9. The van der Waals surface area contributed by atoms with Crippen molar-refractivity contribution < 1.29 is 8.42 Å². The minimum Gasteiger partial charge on any atom is -0.263 e. The molecule has 2 rings (SSSR count). The first-order valence-corrected chi connectivity index (χ1v) is 6.76. The molecule has 6 nitrogen and oxygen atoms in total. The van der Waals surface area contributed by atoms with Crippen LogP contribution in [0.25, 0.3) is 0 Å². The molecule has 0 spiro atoms. The van der Waals surface area contributed by atoms with Gasteiger partial charge in [-0.25, -0.2) is 23.4 Å². The van der Waals surface area contributed by atoms with Crippen LogP contribution in [0.2, 0.25) is 5.28 Å². The minimum absolute atomic E-state index is 0.0117. The van der Waals surface area contributed by atoms with E-state index in [-0.39, 0.29) is 16.0 Å². The number of nitrogens with zero attached hydrogens (tertiary/aromatic N) is 3. The van der Waals surface area contributed by atoms with Crippen LogP contribution < -0.4 is 4.72 Å². The van der Waals surface area contributed by atoms with Crippen molar-refractivity contribution in [1.82, 2.24) is 15.0 Å². The molecular weight excluding hydrogens is 276 g/mol. The Morgan fingerprint density at radius 2 is 1.78 bits per heavy atom. The van der Waals surface area contributed by atoms with Crippen molar-refractivity contribution >= 4 is 27.4 Å². The second-order valence-corrected chi connectivity index (χ2v) is 5.53. The highest BCUT2D eigenvalue weighted by Gasteiger charge is 2.15. The normalized spacial score (nSPS) is 11.2. The molecule has 2 aromatic heterocycles. The molecule has 0 atom stereocenters. The molecule has 0 amide bonds. The van der Waals surface area contributed by atoms with Crippen molar-refractivity contribution in [2.75, 3.05) is 4.72 Å². The molecule has 0 fully saturated rings. The monoisotopic (exact) mass is 284 g/mol. The molecule has 0 aliphatic rings. The SMILES string of the molecule is Cc1ccc(NS(=O)(=O)c2cnc(Cl)nc2)nc1. The minimum atomic E-state index is -3.74. The van der Waals surface area contributed by atoms with Crippen molar-refractivity contribution in [1.29, 1.82) is 0 Å². The molecule has 2 heterocycles. The van der Waals surface area contributed by atoms with Crippen LogP contribution in [0.5, 0.6) is 0 Å². The molecule has 2 aromatic rings. The second kappa shape index (κ2) is 4.87. The largest absolute Gasteiger partial charge is 0.266 e. The van der Waals surface area contributed by atoms with Gasteiger partial charge in [0.2, 0.25) is 5.28 Å². The highest BCUT2D eigenvalue weighted by atomic mass is 35.5. The zero-order chi connectivity index (χ0) is 13.2. The molecule has 94 valence electrons. The summed E-state index contributed by atoms with van der Waals surface area (Å²) in [5.41, 5.74) is 0.938. The Morgan fingerprint density at radius 1 is 1.11 bits per heavy atom. The molecule has 0 aliphatic heterocycles. The van der Waals surface area contributed by atoms with Gasteiger partial charge >= 0.3 is 0 Å². The maximum absolute atomic E-state index is 11.9. The lowest BCUT2D eigenvalue weighted by molar-refractivity contribution is 0.600. The van der Waals surface area contributed by atoms with Gasteiger partial charge in [-0.15, -0.1) is 0 Å². The molecule has 0 aromatic carbocycles. The van der Waals surface area contributed by atoms with E-state index in [1.54, 1.807) is 18.3 Å². The van der Waals surface area contributed by atoms with E-state index in [4.69, 9.17) is 11.6 Å². The summed E-state index contributed by atoms with van der Waals surface area (Å²) in [5, 5.41) is -0.0117. The predicted molar refractivity (Wildman–Crippen MR) is 66.8 cm³/mol. The third kappa shape index (κ3) is 2.93. The van der Waals surface area contributed by atoms with Crippen LogP contribution in [0, 0.1) is 6.92 Å². The number of anilines is 1. The van der Waals surface area contributed by atoms with Gasteiger partial charge in [0.05, 0.1) is 12.4 Å². The molecule has 0 saturated heterocycles. The summed E-state index contributed by atoms with van der Waals surface area (Å²) in [6, 6.07) is 3.33. The van der Waals surface area contributed by atoms with Crippen LogP contribution in [0.1, 0.15) is 5.56 Å². The number of aryl methyl sites for hydroxylation is 1. The lowest BCUT2D eigenvalue weighted by Gasteiger charge is -2.06. The molecule has 0 radical (unpaired) electrons. The first-order valence-electron chi connectivity index (χ1n) is 4.90. The predicted octanol–water partition coefficient (Wildman–Crippen LogP) is 1.63. The van der Waals surface area contributed by atoms with E-state index in [0.717, 1.165) is 18.0 Å². The number of halogens is 1. The number of pyridine rings is 1. The van der Waals surface area contributed by atoms with Gasteiger partial charge in [-0.05, 0) is 30.2 Å². The first kappa shape index (κ1) is 12.7. The van der Waals surface area contributed by atoms with E-state index < -0.39 is 10.0 Å². The van der Waals surface area contributed by atoms with E-state index in [1.807, 2.05) is 6.92 Å². The van der Waals surface area contributed by atoms with Crippen molar-refractivity contribution in [3.63, 3.8) is 0 Å². The van der Waals surface area contributed by atoms with Gasteiger partial charge in [0, 0.05) is 6.20 Å². The van der Waals surface area contributed by atoms with Crippen molar-refractivity contribution in [3.8, 4) is 0 Å². The summed E-state index contributed by atoms with van der Waals surface area (Å²) in [5.74, 6) is 0.232. The fourth-order valence-corrected chi connectivity index (χ4v) is 2.16. The average Bonchev–Trinajstić information content (AvgIpc) is 2.32. The molecular formula is C10H9ClN4O2S. The Kier molecular flexibility index (Phi) is 3.44. The van der Waals surface area contributed by atoms with Crippen LogP contribution in [0.15, 0.2) is 35.6 Å². The van der Waals surface area contributed by atoms with Crippen LogP contribution in [-0.4, -0.2) is 23.4 Å². The van der Waals surface area contributed by atoms with Gasteiger partial charge in [-0.3, -0.25) is 4.72 Å². The van der Waals surface area contributed by atoms with Crippen molar-refractivity contribution in [2.24, 2.45) is 0 Å². The number of rotatable bonds is 3. The van der Waals surface area contributed by atoms with Crippen LogP contribution >= 0.6 is 11.6 Å². The number of sulfonamides is 1. The van der Waals surface area contributed by atoms with Gasteiger partial charge in [-0.1, -0.05) is 6.07 Å². The van der Waals surface area contributed by atoms with Gasteiger partial charge in [0.15, 0.2) is 0 Å². The Morgan fingerprint density at radius 3 is 2.33 bits per heavy atom. The van der Waals surface area contributed by atoms with Gasteiger partial charge in [0.25, 0.3) is 10.0 Å². The number of aromatic nitrogens is 3. The summed E-state index contributed by atoms with van der Waals surface area (Å²) >= 11 is 5.49. The third-order valence-electron chi connectivity index (χ3n) is 2.06. The summed E-state index contributed by atoms with van der Waals surface area (Å²) in [6.45, 7) is 1.86. The number of hydrogen-bond donors (Lipinski definition) is 1. The molecule has 0 unspecified atom stereocenters. The van der Waals surface area contributed by atoms with Crippen molar-refractivity contribution in [2.45, 2.75) is 11.8 Å². The Bertz CT molecular complexity index is 641. The van der Waals surface area contributed by atoms with Crippen LogP contribution in [0.4, 0.5) is 5.82 Å². The molecule has 18 heavy (non-hydrogen) atoms. The maximum Gasteiger partial charge on any atom is 0.266 e. The first-order chi connectivity index (χ1) is 8.47. The summed E-state index contributed by atoms with van der Waals surface area (Å²) < 4.78 is 26.2. The fraction of sp³-hybridized carbons (Fsp3) is 0.100. The number of nitrogens with one attached hydrogen (secondary N) is 1. The smallest absolute Gasteiger partial charge is 0.263 e. The zero-order valence-corrected chi connectivity index (χ0v) is 10.9. The van der Waals surface area contributed by atoms with Crippen LogP contribution in [-0.2, 0) is 10.0 Å². The Labute approximate surface area is 109 Å². The van der Waals surface area contributed by atoms with Crippen molar-refractivity contribution in [3.05, 3.63) is 41.6 Å². The summed E-state index contributed by atoms with van der Waals surface area (Å²) in [7, 11) is -3.74. The summed E-state index contributed by atoms with van der Waals surface area (Å²) in [6.07, 6.45) is 3.83. The van der Waals surface area contributed by atoms with Gasteiger partial charge < -0.3 is 0 Å². The van der Waals surface area contributed by atoms with E-state index >= 15 is 0 Å². The highest BCUT2D eigenvalue weighted by molar-refractivity contribution is 7.92. The second-order valence-electron chi connectivity index (χ2n) is 3.51. The molecule has 0 saturated carbocycles. The summed E-state index contributed by atoms with van der Waals surface area (Å²) in [4.78, 5) is 11.1. The van der Waals surface area contributed by atoms with Gasteiger partial charge in [-0.2, -0.15) is 0 Å². The van der Waals surface area contributed by atoms with E-state index in [0.29, 0.717) is 0 Å². The van der Waals surface area contributed by atoms with Crippen LogP contribution in [0.3, 0.4) is 0 Å². The topological polar surface area (TPSA) is 84.8 Å². The lowest BCUT2D eigenvalue weighted by Crippen LogP contribution is -2.14.